The van der Waals surface area contributed by atoms with E-state index in [0.717, 1.165) is 16.8 Å². The third-order valence-corrected chi connectivity index (χ3v) is 4.07. The Morgan fingerprint density at radius 3 is 2.50 bits per heavy atom. The molecule has 1 aromatic heterocycles. The molecule has 138 valence electrons. The van der Waals surface area contributed by atoms with Crippen LogP contribution >= 0.6 is 0 Å². The quantitative estimate of drug-likeness (QED) is 0.631. The zero-order chi connectivity index (χ0) is 18.8. The number of benzene rings is 2. The van der Waals surface area contributed by atoms with E-state index in [1.807, 2.05) is 0 Å². The number of fused-ring (bicyclic) bond motifs is 1. The van der Waals surface area contributed by atoms with Gasteiger partial charge in [0.2, 0.25) is 11.3 Å². The SMILES string of the molecule is COc1cc2nnn(-c3cc(F)c(CNS(=O)O)cc3F)c2cc1OC. The highest BCUT2D eigenvalue weighted by molar-refractivity contribution is 7.77. The lowest BCUT2D eigenvalue weighted by molar-refractivity contribution is 0.355. The molecule has 0 amide bonds. The summed E-state index contributed by atoms with van der Waals surface area (Å²) < 4.78 is 61.7. The Hall–Kier alpha value is -2.63. The van der Waals surface area contributed by atoms with E-state index < -0.39 is 22.9 Å². The molecule has 0 fully saturated rings. The summed E-state index contributed by atoms with van der Waals surface area (Å²) in [6.07, 6.45) is 0. The largest absolute Gasteiger partial charge is 0.493 e. The van der Waals surface area contributed by atoms with Crippen LogP contribution in [0.2, 0.25) is 0 Å². The highest BCUT2D eigenvalue weighted by Crippen LogP contribution is 2.32. The van der Waals surface area contributed by atoms with Crippen molar-refractivity contribution in [3.63, 3.8) is 0 Å². The lowest BCUT2D eigenvalue weighted by atomic mass is 10.1. The molecule has 0 aliphatic rings. The Balaban J connectivity index is 2.09. The minimum Gasteiger partial charge on any atom is -0.493 e. The van der Waals surface area contributed by atoms with Gasteiger partial charge in [-0.05, 0) is 6.07 Å². The molecule has 0 bridgehead atoms. The molecule has 2 N–H and O–H groups in total. The third-order valence-electron chi connectivity index (χ3n) is 3.68. The summed E-state index contributed by atoms with van der Waals surface area (Å²) >= 11 is -2.33. The Labute approximate surface area is 149 Å². The van der Waals surface area contributed by atoms with E-state index in [4.69, 9.17) is 14.0 Å². The second kappa shape index (κ2) is 7.32. The van der Waals surface area contributed by atoms with E-state index in [-0.39, 0.29) is 17.8 Å². The highest BCUT2D eigenvalue weighted by atomic mass is 32.2. The van der Waals surface area contributed by atoms with E-state index >= 15 is 0 Å². The fourth-order valence-electron chi connectivity index (χ4n) is 2.44. The zero-order valence-corrected chi connectivity index (χ0v) is 14.5. The fraction of sp³-hybridized carbons (Fsp3) is 0.200. The molecule has 1 atom stereocenters. The van der Waals surface area contributed by atoms with E-state index in [1.54, 1.807) is 12.1 Å². The average molecular weight is 384 g/mol. The van der Waals surface area contributed by atoms with Gasteiger partial charge in [-0.25, -0.2) is 22.4 Å². The minimum absolute atomic E-state index is 0.0997. The molecule has 3 rings (SSSR count). The van der Waals surface area contributed by atoms with Crippen LogP contribution in [0.25, 0.3) is 16.7 Å². The first-order valence-corrected chi connectivity index (χ1v) is 8.35. The number of ether oxygens (including phenoxy) is 2. The Morgan fingerprint density at radius 2 is 1.85 bits per heavy atom. The maximum absolute atomic E-state index is 14.5. The predicted molar refractivity (Wildman–Crippen MR) is 89.5 cm³/mol. The molecule has 0 saturated heterocycles. The average Bonchev–Trinajstić information content (AvgIpc) is 3.03. The fourth-order valence-corrected chi connectivity index (χ4v) is 2.72. The second-order valence-corrected chi connectivity index (χ2v) is 5.95. The van der Waals surface area contributed by atoms with Crippen LogP contribution in [0.5, 0.6) is 11.5 Å². The molecule has 3 aromatic rings. The van der Waals surface area contributed by atoms with Crippen LogP contribution in [0, 0.1) is 11.6 Å². The van der Waals surface area contributed by atoms with Crippen molar-refractivity contribution < 1.29 is 27.0 Å². The first-order chi connectivity index (χ1) is 12.4. The lowest BCUT2D eigenvalue weighted by Crippen LogP contribution is -2.17. The molecule has 8 nitrogen and oxygen atoms in total. The Morgan fingerprint density at radius 1 is 1.15 bits per heavy atom. The van der Waals surface area contributed by atoms with Crippen LogP contribution in [-0.4, -0.2) is 38.0 Å². The first kappa shape index (κ1) is 18.2. The van der Waals surface area contributed by atoms with Gasteiger partial charge in [-0.3, -0.25) is 4.55 Å². The minimum atomic E-state index is -2.33. The summed E-state index contributed by atoms with van der Waals surface area (Å²) in [5.41, 5.74) is 0.538. The predicted octanol–water partition coefficient (Wildman–Crippen LogP) is 1.94. The van der Waals surface area contributed by atoms with Crippen LogP contribution in [0.1, 0.15) is 5.56 Å². The maximum atomic E-state index is 14.5. The Kier molecular flexibility index (Phi) is 5.11. The standard InChI is InChI=1S/C15H14F2N4O4S/c1-24-14-5-11-13(6-15(14)25-2)21(20-19-11)12-4-9(16)8(3-10(12)17)7-18-26(22)23/h3-6,18H,7H2,1-2H3,(H,22,23). The summed E-state index contributed by atoms with van der Waals surface area (Å²) in [6.45, 7) is -0.310. The zero-order valence-electron chi connectivity index (χ0n) is 13.7. The van der Waals surface area contributed by atoms with Crippen molar-refractivity contribution in [2.45, 2.75) is 6.54 Å². The van der Waals surface area contributed by atoms with Gasteiger partial charge in [-0.15, -0.1) is 5.10 Å². The summed E-state index contributed by atoms with van der Waals surface area (Å²) in [7, 11) is 2.92. The molecule has 0 aliphatic carbocycles. The van der Waals surface area contributed by atoms with E-state index in [9.17, 15) is 13.0 Å². The van der Waals surface area contributed by atoms with Gasteiger partial charge >= 0.3 is 0 Å². The summed E-state index contributed by atoms with van der Waals surface area (Å²) in [5.74, 6) is -0.718. The topological polar surface area (TPSA) is 98.5 Å². The summed E-state index contributed by atoms with van der Waals surface area (Å²) in [4.78, 5) is 0. The van der Waals surface area contributed by atoms with Gasteiger partial charge in [-0.1, -0.05) is 5.21 Å². The molecule has 26 heavy (non-hydrogen) atoms. The normalized spacial score (nSPS) is 12.3. The molecule has 0 aliphatic heterocycles. The molecular weight excluding hydrogens is 370 g/mol. The van der Waals surface area contributed by atoms with Crippen molar-refractivity contribution in [2.75, 3.05) is 14.2 Å². The van der Waals surface area contributed by atoms with Crippen LogP contribution in [0.4, 0.5) is 8.78 Å². The van der Waals surface area contributed by atoms with Crippen LogP contribution in [0.3, 0.4) is 0 Å². The number of hydrogen-bond acceptors (Lipinski definition) is 5. The smallest absolute Gasteiger partial charge is 0.232 e. The molecule has 0 saturated carbocycles. The number of aromatic nitrogens is 3. The molecule has 2 aromatic carbocycles. The molecule has 1 unspecified atom stereocenters. The number of hydrogen-bond donors (Lipinski definition) is 2. The van der Waals surface area contributed by atoms with Crippen molar-refractivity contribution in [3.05, 3.63) is 41.5 Å². The maximum Gasteiger partial charge on any atom is 0.232 e. The van der Waals surface area contributed by atoms with Gasteiger partial charge in [0, 0.05) is 30.3 Å². The van der Waals surface area contributed by atoms with E-state index in [1.165, 1.54) is 14.2 Å². The number of nitrogens with zero attached hydrogens (tertiary/aromatic N) is 3. The summed E-state index contributed by atoms with van der Waals surface area (Å²) in [5, 5.41) is 7.80. The lowest BCUT2D eigenvalue weighted by Gasteiger charge is -2.10. The second-order valence-electron chi connectivity index (χ2n) is 5.16. The van der Waals surface area contributed by atoms with Gasteiger partial charge in [0.1, 0.15) is 22.8 Å². The van der Waals surface area contributed by atoms with Crippen molar-refractivity contribution in [3.8, 4) is 17.2 Å². The first-order valence-electron chi connectivity index (χ1n) is 7.24. The van der Waals surface area contributed by atoms with Gasteiger partial charge in [-0.2, -0.15) is 0 Å². The van der Waals surface area contributed by atoms with Crippen LogP contribution in [0.15, 0.2) is 24.3 Å². The van der Waals surface area contributed by atoms with Crippen molar-refractivity contribution in [1.29, 1.82) is 0 Å². The summed E-state index contributed by atoms with van der Waals surface area (Å²) in [6, 6.07) is 4.99. The molecule has 0 spiro atoms. The molecule has 11 heteroatoms. The van der Waals surface area contributed by atoms with Crippen molar-refractivity contribution in [1.82, 2.24) is 19.7 Å². The van der Waals surface area contributed by atoms with Gasteiger partial charge < -0.3 is 9.47 Å². The van der Waals surface area contributed by atoms with Crippen LogP contribution < -0.4 is 14.2 Å². The van der Waals surface area contributed by atoms with Gasteiger partial charge in [0.15, 0.2) is 11.5 Å². The van der Waals surface area contributed by atoms with E-state index in [0.29, 0.717) is 22.5 Å². The Bertz CT molecular complexity index is 995. The number of nitrogens with one attached hydrogen (secondary N) is 1. The third kappa shape index (κ3) is 3.36. The monoisotopic (exact) mass is 384 g/mol. The molecule has 1 heterocycles. The van der Waals surface area contributed by atoms with Gasteiger partial charge in [0.25, 0.3) is 0 Å². The highest BCUT2D eigenvalue weighted by Gasteiger charge is 2.17. The van der Waals surface area contributed by atoms with Crippen molar-refractivity contribution >= 4 is 22.3 Å². The van der Waals surface area contributed by atoms with Gasteiger partial charge in [0.05, 0.1) is 19.7 Å². The molecular formula is C15H14F2N4O4S. The molecule has 0 radical (unpaired) electrons. The van der Waals surface area contributed by atoms with Crippen LogP contribution in [-0.2, 0) is 17.8 Å². The number of methoxy groups -OCH3 is 2. The number of rotatable bonds is 6. The number of halogens is 2. The van der Waals surface area contributed by atoms with Crippen molar-refractivity contribution in [2.24, 2.45) is 0 Å². The van der Waals surface area contributed by atoms with E-state index in [2.05, 4.69) is 15.0 Å².